The molecule has 1 heterocycles. The molecule has 3 rings (SSSR count). The molecule has 2 saturated carbocycles. The maximum Gasteiger partial charge on any atom is 0.240 e. The number of carbonyl (C=O) groups is 1. The summed E-state index contributed by atoms with van der Waals surface area (Å²) in [6, 6.07) is 0. The molecule has 5 nitrogen and oxygen atoms in total. The molecule has 0 aromatic carbocycles. The summed E-state index contributed by atoms with van der Waals surface area (Å²) >= 11 is 1.54. The summed E-state index contributed by atoms with van der Waals surface area (Å²) in [4.78, 5) is 21.3. The highest BCUT2D eigenvalue weighted by Gasteiger charge is 2.59. The molecule has 2 atom stereocenters. The summed E-state index contributed by atoms with van der Waals surface area (Å²) < 4.78 is 0. The maximum absolute atomic E-state index is 12.3. The van der Waals surface area contributed by atoms with Gasteiger partial charge in [-0.05, 0) is 62.7 Å². The van der Waals surface area contributed by atoms with Crippen LogP contribution in [0.5, 0.6) is 0 Å². The first kappa shape index (κ1) is 19.3. The van der Waals surface area contributed by atoms with Crippen LogP contribution >= 0.6 is 11.8 Å². The summed E-state index contributed by atoms with van der Waals surface area (Å²) in [5, 5.41) is 5.32. The average molecular weight is 375 g/mol. The topological polar surface area (TPSA) is 67.2 Å². The SMILES string of the molecule is CSc1nc(C)c(CCC(=O)N/N=C2/C[C@H]3CC[C@@]2(C)C3(C)C)c(C)n1. The van der Waals surface area contributed by atoms with Crippen molar-refractivity contribution in [1.29, 1.82) is 0 Å². The van der Waals surface area contributed by atoms with Crippen LogP contribution in [0.2, 0.25) is 0 Å². The molecule has 0 saturated heterocycles. The third-order valence-corrected chi connectivity index (χ3v) is 7.56. The van der Waals surface area contributed by atoms with Gasteiger partial charge in [0.15, 0.2) is 5.16 Å². The lowest BCUT2D eigenvalue weighted by molar-refractivity contribution is -0.121. The molecule has 6 heteroatoms. The number of amides is 1. The Hall–Kier alpha value is -1.43. The smallest absolute Gasteiger partial charge is 0.240 e. The minimum Gasteiger partial charge on any atom is -0.273 e. The van der Waals surface area contributed by atoms with Crippen molar-refractivity contribution < 1.29 is 4.79 Å². The maximum atomic E-state index is 12.3. The van der Waals surface area contributed by atoms with E-state index in [0.29, 0.717) is 18.8 Å². The number of hydrogen-bond donors (Lipinski definition) is 1. The van der Waals surface area contributed by atoms with Gasteiger partial charge in [-0.3, -0.25) is 4.79 Å². The van der Waals surface area contributed by atoms with E-state index >= 15 is 0 Å². The number of nitrogens with one attached hydrogen (secondary N) is 1. The monoisotopic (exact) mass is 374 g/mol. The third-order valence-electron chi connectivity index (χ3n) is 7.01. The van der Waals surface area contributed by atoms with E-state index in [0.717, 1.165) is 28.5 Å². The molecule has 1 aromatic rings. The van der Waals surface area contributed by atoms with E-state index in [1.807, 2.05) is 20.1 Å². The molecular formula is C20H30N4OS. The van der Waals surface area contributed by atoms with Crippen molar-refractivity contribution in [2.45, 2.75) is 71.9 Å². The van der Waals surface area contributed by atoms with Crippen molar-refractivity contribution in [1.82, 2.24) is 15.4 Å². The number of aromatic nitrogens is 2. The fraction of sp³-hybridized carbons (Fsp3) is 0.700. The first-order valence-corrected chi connectivity index (χ1v) is 10.7. The fourth-order valence-corrected chi connectivity index (χ4v) is 5.14. The van der Waals surface area contributed by atoms with Gasteiger partial charge in [0.2, 0.25) is 5.91 Å². The molecular weight excluding hydrogens is 344 g/mol. The van der Waals surface area contributed by atoms with Crippen molar-refractivity contribution in [3.63, 3.8) is 0 Å². The molecule has 2 bridgehead atoms. The summed E-state index contributed by atoms with van der Waals surface area (Å²) in [5.41, 5.74) is 7.38. The van der Waals surface area contributed by atoms with Crippen LogP contribution in [0.15, 0.2) is 10.3 Å². The molecule has 2 aliphatic rings. The number of rotatable bonds is 5. The van der Waals surface area contributed by atoms with Crippen LogP contribution in [0, 0.1) is 30.6 Å². The van der Waals surface area contributed by atoms with Crippen LogP contribution in [0.4, 0.5) is 0 Å². The van der Waals surface area contributed by atoms with Gasteiger partial charge >= 0.3 is 0 Å². The van der Waals surface area contributed by atoms with Gasteiger partial charge in [-0.2, -0.15) is 5.10 Å². The molecule has 142 valence electrons. The van der Waals surface area contributed by atoms with Crippen molar-refractivity contribution in [2.24, 2.45) is 21.8 Å². The predicted molar refractivity (Wildman–Crippen MR) is 106 cm³/mol. The molecule has 2 fully saturated rings. The van der Waals surface area contributed by atoms with Crippen LogP contribution in [0.25, 0.3) is 0 Å². The Bertz CT molecular complexity index is 735. The van der Waals surface area contributed by atoms with Crippen molar-refractivity contribution in [3.8, 4) is 0 Å². The van der Waals surface area contributed by atoms with Crippen LogP contribution < -0.4 is 5.43 Å². The zero-order chi connectivity index (χ0) is 19.1. The van der Waals surface area contributed by atoms with Gasteiger partial charge in [0.1, 0.15) is 0 Å². The van der Waals surface area contributed by atoms with E-state index in [2.05, 4.69) is 41.3 Å². The van der Waals surface area contributed by atoms with E-state index < -0.39 is 0 Å². The number of fused-ring (bicyclic) bond motifs is 2. The predicted octanol–water partition coefficient (Wildman–Crippen LogP) is 4.07. The lowest BCUT2D eigenvalue weighted by atomic mass is 9.70. The van der Waals surface area contributed by atoms with E-state index in [9.17, 15) is 4.79 Å². The Balaban J connectivity index is 1.61. The highest BCUT2D eigenvalue weighted by Crippen LogP contribution is 2.63. The second-order valence-corrected chi connectivity index (χ2v) is 9.22. The van der Waals surface area contributed by atoms with Gasteiger partial charge in [0.05, 0.1) is 0 Å². The van der Waals surface area contributed by atoms with Crippen LogP contribution in [-0.4, -0.2) is 27.8 Å². The highest BCUT2D eigenvalue weighted by atomic mass is 32.2. The number of carbonyl (C=O) groups excluding carboxylic acids is 1. The summed E-state index contributed by atoms with van der Waals surface area (Å²) in [5.74, 6) is 0.662. The van der Waals surface area contributed by atoms with Crippen LogP contribution in [-0.2, 0) is 11.2 Å². The largest absolute Gasteiger partial charge is 0.273 e. The highest BCUT2D eigenvalue weighted by molar-refractivity contribution is 7.98. The Labute approximate surface area is 160 Å². The van der Waals surface area contributed by atoms with Gasteiger partial charge < -0.3 is 0 Å². The van der Waals surface area contributed by atoms with Crippen molar-refractivity contribution in [3.05, 3.63) is 17.0 Å². The fourth-order valence-electron chi connectivity index (χ4n) is 4.68. The molecule has 0 aliphatic heterocycles. The van der Waals surface area contributed by atoms with E-state index in [-0.39, 0.29) is 16.7 Å². The normalized spacial score (nSPS) is 27.9. The Kier molecular flexibility index (Phi) is 5.17. The van der Waals surface area contributed by atoms with Gasteiger partial charge in [0.25, 0.3) is 0 Å². The molecule has 2 aliphatic carbocycles. The van der Waals surface area contributed by atoms with E-state index in [1.165, 1.54) is 30.3 Å². The summed E-state index contributed by atoms with van der Waals surface area (Å²) in [7, 11) is 0. The Morgan fingerprint density at radius 2 is 1.92 bits per heavy atom. The van der Waals surface area contributed by atoms with Gasteiger partial charge in [-0.25, -0.2) is 15.4 Å². The first-order valence-electron chi connectivity index (χ1n) is 9.43. The van der Waals surface area contributed by atoms with Gasteiger partial charge in [-0.15, -0.1) is 0 Å². The van der Waals surface area contributed by atoms with E-state index in [1.54, 1.807) is 0 Å². The van der Waals surface area contributed by atoms with Crippen LogP contribution in [0.1, 0.15) is 63.4 Å². The third kappa shape index (κ3) is 3.17. The second-order valence-electron chi connectivity index (χ2n) is 8.45. The summed E-state index contributed by atoms with van der Waals surface area (Å²) in [6.45, 7) is 11.0. The number of thioether (sulfide) groups is 1. The first-order chi connectivity index (χ1) is 12.2. The zero-order valence-electron chi connectivity index (χ0n) is 16.8. The number of nitrogens with zero attached hydrogens (tertiary/aromatic N) is 3. The minimum absolute atomic E-state index is 0.0329. The van der Waals surface area contributed by atoms with E-state index in [4.69, 9.17) is 0 Å². The van der Waals surface area contributed by atoms with Crippen molar-refractivity contribution >= 4 is 23.4 Å². The number of hydrazone groups is 1. The van der Waals surface area contributed by atoms with Crippen molar-refractivity contribution in [2.75, 3.05) is 6.26 Å². The lowest BCUT2D eigenvalue weighted by Crippen LogP contribution is -2.34. The molecule has 1 amide bonds. The molecule has 26 heavy (non-hydrogen) atoms. The Morgan fingerprint density at radius 3 is 2.42 bits per heavy atom. The molecule has 1 aromatic heterocycles. The quantitative estimate of drug-likeness (QED) is 0.479. The second kappa shape index (κ2) is 6.95. The Morgan fingerprint density at radius 1 is 1.27 bits per heavy atom. The van der Waals surface area contributed by atoms with Crippen LogP contribution in [0.3, 0.4) is 0 Å². The summed E-state index contributed by atoms with van der Waals surface area (Å²) in [6.07, 6.45) is 6.50. The molecule has 0 unspecified atom stereocenters. The zero-order valence-corrected chi connectivity index (χ0v) is 17.6. The minimum atomic E-state index is -0.0329. The molecule has 0 spiro atoms. The molecule has 0 radical (unpaired) electrons. The van der Waals surface area contributed by atoms with Gasteiger partial charge in [0, 0.05) is 28.9 Å². The number of hydrogen-bond acceptors (Lipinski definition) is 5. The average Bonchev–Trinajstić information content (AvgIpc) is 2.92. The lowest BCUT2D eigenvalue weighted by Gasteiger charge is -2.34. The van der Waals surface area contributed by atoms with Gasteiger partial charge in [-0.1, -0.05) is 32.5 Å². The standard InChI is InChI=1S/C20H30N4OS/c1-12-15(13(2)22-18(21-12)26-6)7-8-17(25)24-23-16-11-14-9-10-20(16,5)19(14,3)4/h14H,7-11H2,1-6H3,(H,24,25)/b23-16-/t14-,20-/m1/s1. The molecule has 1 N–H and O–H groups in total. The number of aryl methyl sites for hydroxylation is 2.